The highest BCUT2D eigenvalue weighted by molar-refractivity contribution is 5.76. The Kier molecular flexibility index (Phi) is 9.34. The molecule has 1 amide bonds. The van der Waals surface area contributed by atoms with Crippen LogP contribution in [0.15, 0.2) is 24.3 Å². The van der Waals surface area contributed by atoms with Crippen LogP contribution in [0.4, 0.5) is 4.53 Å². The number of benzene rings is 1. The monoisotopic (exact) mass is 518 g/mol. The van der Waals surface area contributed by atoms with Crippen LogP contribution in [0.1, 0.15) is 82.1 Å². The highest BCUT2D eigenvalue weighted by Gasteiger charge is 2.38. The highest BCUT2D eigenvalue weighted by atomic mass is 19.3. The molecule has 8 heteroatoms. The van der Waals surface area contributed by atoms with Gasteiger partial charge in [-0.05, 0) is 124 Å². The first-order valence-electron chi connectivity index (χ1n) is 14.4. The Morgan fingerprint density at radius 2 is 1.46 bits per heavy atom. The fourth-order valence-corrected chi connectivity index (χ4v) is 7.10. The molecule has 7 nitrogen and oxygen atoms in total. The normalized spacial score (nSPS) is 33.2. The average Bonchev–Trinajstić information content (AvgIpc) is 2.92. The number of hydrogen-bond acceptors (Lipinski definition) is 6. The molecule has 4 fully saturated rings. The maximum absolute atomic E-state index is 12.6. The van der Waals surface area contributed by atoms with Gasteiger partial charge in [-0.25, -0.2) is 9.78 Å². The average molecular weight is 519 g/mol. The van der Waals surface area contributed by atoms with E-state index in [2.05, 4.69) is 34.1 Å². The molecule has 1 aliphatic heterocycles. The van der Waals surface area contributed by atoms with E-state index >= 15 is 0 Å². The summed E-state index contributed by atoms with van der Waals surface area (Å²) in [5, 5.41) is 0. The Balaban J connectivity index is 0.972. The van der Waals surface area contributed by atoms with Crippen molar-refractivity contribution in [3.63, 3.8) is 0 Å². The number of halogens is 1. The Labute approximate surface area is 220 Å². The number of carbonyl (C=O) groups is 1. The summed E-state index contributed by atoms with van der Waals surface area (Å²) < 4.78 is 18.6. The Hall–Kier alpha value is -1.74. The summed E-state index contributed by atoms with van der Waals surface area (Å²) in [6.45, 7) is 3.33. The first kappa shape index (κ1) is 26.9. The molecule has 1 aromatic rings. The lowest BCUT2D eigenvalue weighted by Crippen LogP contribution is -2.40. The molecular formula is C29H43FN2O5. The third kappa shape index (κ3) is 7.43. The van der Waals surface area contributed by atoms with Crippen LogP contribution < -0.4 is 10.5 Å². The second kappa shape index (κ2) is 12.9. The van der Waals surface area contributed by atoms with E-state index in [9.17, 15) is 9.32 Å². The molecule has 0 aromatic heterocycles. The van der Waals surface area contributed by atoms with E-state index in [0.717, 1.165) is 89.6 Å². The number of piperidine rings is 1. The van der Waals surface area contributed by atoms with Crippen molar-refractivity contribution in [1.29, 1.82) is 0 Å². The molecule has 2 bridgehead atoms. The number of fused-ring (bicyclic) bond motifs is 2. The van der Waals surface area contributed by atoms with Gasteiger partial charge in [-0.1, -0.05) is 12.1 Å². The van der Waals surface area contributed by atoms with Gasteiger partial charge < -0.3 is 10.5 Å². The Morgan fingerprint density at radius 1 is 0.838 bits per heavy atom. The van der Waals surface area contributed by atoms with Crippen LogP contribution in [0.2, 0.25) is 0 Å². The molecule has 2 unspecified atom stereocenters. The zero-order valence-corrected chi connectivity index (χ0v) is 21.9. The second-order valence-electron chi connectivity index (χ2n) is 11.8. The van der Waals surface area contributed by atoms with Gasteiger partial charge in [-0.3, -0.25) is 9.69 Å². The van der Waals surface area contributed by atoms with Crippen LogP contribution in [-0.2, 0) is 19.5 Å². The molecule has 0 spiro atoms. The number of primary amides is 1. The minimum Gasteiger partial charge on any atom is -0.492 e. The molecule has 3 saturated carbocycles. The van der Waals surface area contributed by atoms with Crippen LogP contribution in [0, 0.1) is 17.8 Å². The van der Waals surface area contributed by atoms with E-state index in [4.69, 9.17) is 20.2 Å². The molecule has 206 valence electrons. The number of hydrogen-bond donors (Lipinski definition) is 1. The van der Waals surface area contributed by atoms with Crippen LogP contribution in [0.5, 0.6) is 5.75 Å². The van der Waals surface area contributed by atoms with Gasteiger partial charge in [0, 0.05) is 12.5 Å². The van der Waals surface area contributed by atoms with E-state index in [1.807, 2.05) is 0 Å². The quantitative estimate of drug-likeness (QED) is 0.343. The van der Waals surface area contributed by atoms with Gasteiger partial charge in [0.15, 0.2) is 0 Å². The third-order valence-corrected chi connectivity index (χ3v) is 9.20. The maximum Gasteiger partial charge on any atom is 0.220 e. The van der Waals surface area contributed by atoms with Crippen molar-refractivity contribution in [2.24, 2.45) is 23.5 Å². The number of likely N-dealkylation sites (tertiary alicyclic amines) is 1. The molecule has 3 aliphatic carbocycles. The lowest BCUT2D eigenvalue weighted by Gasteiger charge is -2.40. The number of nitrogens with zero attached hydrogens (tertiary/aromatic N) is 1. The number of nitrogens with two attached hydrogens (primary N) is 1. The Bertz CT molecular complexity index is 840. The largest absolute Gasteiger partial charge is 0.492 e. The Morgan fingerprint density at radius 3 is 2.08 bits per heavy atom. The smallest absolute Gasteiger partial charge is 0.220 e. The summed E-state index contributed by atoms with van der Waals surface area (Å²) in [5.41, 5.74) is 6.78. The summed E-state index contributed by atoms with van der Waals surface area (Å²) in [5.74, 6) is 2.30. The zero-order valence-electron chi connectivity index (χ0n) is 21.9. The summed E-state index contributed by atoms with van der Waals surface area (Å²) >= 11 is 0. The molecule has 37 heavy (non-hydrogen) atoms. The zero-order chi connectivity index (χ0) is 25.6. The van der Waals surface area contributed by atoms with Gasteiger partial charge in [0.1, 0.15) is 12.4 Å². The van der Waals surface area contributed by atoms with Gasteiger partial charge >= 0.3 is 0 Å². The van der Waals surface area contributed by atoms with E-state index < -0.39 is 0 Å². The van der Waals surface area contributed by atoms with E-state index in [-0.39, 0.29) is 30.1 Å². The minimum absolute atomic E-state index is 0.0314. The molecule has 4 aliphatic rings. The summed E-state index contributed by atoms with van der Waals surface area (Å²) in [6.07, 6.45) is 10.7. The van der Waals surface area contributed by atoms with Gasteiger partial charge in [0.05, 0.1) is 18.3 Å². The molecule has 1 aromatic carbocycles. The van der Waals surface area contributed by atoms with Crippen molar-refractivity contribution in [2.45, 2.75) is 94.9 Å². The topological polar surface area (TPSA) is 83.3 Å². The molecule has 1 heterocycles. The van der Waals surface area contributed by atoms with Crippen molar-refractivity contribution in [2.75, 3.05) is 26.2 Å². The number of amides is 1. The lowest BCUT2D eigenvalue weighted by atomic mass is 9.70. The van der Waals surface area contributed by atoms with Crippen molar-refractivity contribution >= 4 is 5.91 Å². The van der Waals surface area contributed by atoms with Crippen LogP contribution in [0.3, 0.4) is 0 Å². The summed E-state index contributed by atoms with van der Waals surface area (Å²) in [6, 6.07) is 8.56. The number of carbonyl (C=O) groups excluding carboxylic acids is 1. The highest BCUT2D eigenvalue weighted by Crippen LogP contribution is 2.42. The minimum atomic E-state index is -0.222. The summed E-state index contributed by atoms with van der Waals surface area (Å²) in [4.78, 5) is 29.6. The van der Waals surface area contributed by atoms with Crippen LogP contribution in [-0.4, -0.2) is 55.4 Å². The standard InChI is InChI=1S/C29H43FN2O5/c30-35-27-16-20-15-21(17-27)19-28(18-20)37-36-26-7-3-23(4-8-26)22-1-5-25(6-2-22)34-14-13-32-11-9-24(10-12-32)29(31)33/h1-2,5-6,20-21,23-24,26-28H,3-4,7-19H2,(H2,31,33). The molecular weight excluding hydrogens is 475 g/mol. The summed E-state index contributed by atoms with van der Waals surface area (Å²) in [7, 11) is 0. The van der Waals surface area contributed by atoms with Crippen molar-refractivity contribution in [3.05, 3.63) is 29.8 Å². The molecule has 5 rings (SSSR count). The molecule has 1 saturated heterocycles. The van der Waals surface area contributed by atoms with E-state index in [1.165, 1.54) is 12.0 Å². The van der Waals surface area contributed by atoms with Crippen molar-refractivity contribution in [1.82, 2.24) is 4.90 Å². The molecule has 0 radical (unpaired) electrons. The number of rotatable bonds is 10. The van der Waals surface area contributed by atoms with Gasteiger partial charge in [-0.2, -0.15) is 4.94 Å². The fraction of sp³-hybridized carbons (Fsp3) is 0.759. The predicted octanol–water partition coefficient (Wildman–Crippen LogP) is 5.09. The van der Waals surface area contributed by atoms with Gasteiger partial charge in [0.25, 0.3) is 0 Å². The number of ether oxygens (including phenoxy) is 1. The lowest BCUT2D eigenvalue weighted by molar-refractivity contribution is -0.364. The third-order valence-electron chi connectivity index (χ3n) is 9.20. The second-order valence-corrected chi connectivity index (χ2v) is 11.8. The first-order chi connectivity index (χ1) is 18.1. The van der Waals surface area contributed by atoms with Gasteiger partial charge in [-0.15, -0.1) is 0 Å². The first-order valence-corrected chi connectivity index (χ1v) is 14.4. The van der Waals surface area contributed by atoms with Crippen molar-refractivity contribution < 1.29 is 28.8 Å². The van der Waals surface area contributed by atoms with Crippen molar-refractivity contribution in [3.8, 4) is 5.75 Å². The maximum atomic E-state index is 12.6. The fourth-order valence-electron chi connectivity index (χ4n) is 7.10. The molecule has 2 atom stereocenters. The van der Waals surface area contributed by atoms with Crippen LogP contribution >= 0.6 is 0 Å². The molecule has 2 N–H and O–H groups in total. The predicted molar refractivity (Wildman–Crippen MR) is 137 cm³/mol. The van der Waals surface area contributed by atoms with E-state index in [0.29, 0.717) is 24.4 Å². The van der Waals surface area contributed by atoms with E-state index in [1.54, 1.807) is 0 Å². The SMILES string of the molecule is NC(=O)C1CCN(CCOc2ccc(C3CCC(OOC4CC5CC(CC(OF)C5)C4)CC3)cc2)CC1. The van der Waals surface area contributed by atoms with Crippen LogP contribution in [0.25, 0.3) is 0 Å². The van der Waals surface area contributed by atoms with Gasteiger partial charge in [0.2, 0.25) is 5.91 Å².